The Kier molecular flexibility index (Phi) is 2.78. The fourth-order valence-electron chi connectivity index (χ4n) is 4.02. The van der Waals surface area contributed by atoms with Gasteiger partial charge >= 0.3 is 0 Å². The van der Waals surface area contributed by atoms with Crippen molar-refractivity contribution in [2.45, 2.75) is 19.8 Å². The first-order valence-electron chi connectivity index (χ1n) is 8.59. The molecule has 0 atom stereocenters. The van der Waals surface area contributed by atoms with Crippen molar-refractivity contribution in [3.8, 4) is 0 Å². The second-order valence-electron chi connectivity index (χ2n) is 6.58. The van der Waals surface area contributed by atoms with Crippen molar-refractivity contribution in [3.05, 3.63) is 60.2 Å². The number of fused-ring (bicyclic) bond motifs is 6. The van der Waals surface area contributed by atoms with Crippen molar-refractivity contribution in [2.75, 3.05) is 0 Å². The smallest absolute Gasteiger partial charge is 0.137 e. The van der Waals surface area contributed by atoms with Crippen LogP contribution in [0.2, 0.25) is 0 Å². The van der Waals surface area contributed by atoms with Gasteiger partial charge in [0, 0.05) is 40.2 Å². The monoisotopic (exact) mass is 313 g/mol. The summed E-state index contributed by atoms with van der Waals surface area (Å²) in [7, 11) is 2.15. The number of hydrogen-bond acceptors (Lipinski definition) is 1. The van der Waals surface area contributed by atoms with Gasteiger partial charge in [-0.25, -0.2) is 0 Å². The molecule has 0 amide bonds. The molecule has 0 spiro atoms. The second kappa shape index (κ2) is 4.88. The van der Waals surface area contributed by atoms with Gasteiger partial charge in [0.25, 0.3) is 0 Å². The molecule has 2 nitrogen and oxygen atoms in total. The minimum atomic E-state index is 0.959. The van der Waals surface area contributed by atoms with E-state index in [1.807, 2.05) is 12.1 Å². The molecule has 0 radical (unpaired) electrons. The van der Waals surface area contributed by atoms with Gasteiger partial charge in [0.2, 0.25) is 0 Å². The lowest BCUT2D eigenvalue weighted by Crippen LogP contribution is -1.88. The highest BCUT2D eigenvalue weighted by molar-refractivity contribution is 6.17. The first-order chi connectivity index (χ1) is 11.8. The SMILES string of the molecule is CCCc1cccc2c1c1cc3c(cc1n2C)oc1ccccc13. The van der Waals surface area contributed by atoms with Crippen molar-refractivity contribution in [2.24, 2.45) is 7.05 Å². The molecule has 0 unspecified atom stereocenters. The average Bonchev–Trinajstić information content (AvgIpc) is 3.10. The van der Waals surface area contributed by atoms with Crippen molar-refractivity contribution >= 4 is 43.7 Å². The summed E-state index contributed by atoms with van der Waals surface area (Å²) < 4.78 is 8.36. The van der Waals surface area contributed by atoms with Crippen molar-refractivity contribution < 1.29 is 4.42 Å². The number of para-hydroxylation sites is 1. The molecule has 2 heteroatoms. The van der Waals surface area contributed by atoms with E-state index >= 15 is 0 Å². The van der Waals surface area contributed by atoms with E-state index in [-0.39, 0.29) is 0 Å². The first kappa shape index (κ1) is 13.7. The Labute approximate surface area is 140 Å². The lowest BCUT2D eigenvalue weighted by Gasteiger charge is -2.02. The average molecular weight is 313 g/mol. The first-order valence-corrected chi connectivity index (χ1v) is 8.59. The van der Waals surface area contributed by atoms with E-state index in [2.05, 4.69) is 61.0 Å². The zero-order valence-electron chi connectivity index (χ0n) is 14.0. The van der Waals surface area contributed by atoms with Crippen LogP contribution in [0.15, 0.2) is 59.0 Å². The summed E-state index contributed by atoms with van der Waals surface area (Å²) >= 11 is 0. The Morgan fingerprint density at radius 3 is 2.58 bits per heavy atom. The van der Waals surface area contributed by atoms with Gasteiger partial charge in [-0.3, -0.25) is 0 Å². The Hall–Kier alpha value is -2.74. The number of benzene rings is 3. The summed E-state index contributed by atoms with van der Waals surface area (Å²) in [4.78, 5) is 0. The van der Waals surface area contributed by atoms with Gasteiger partial charge in [-0.2, -0.15) is 0 Å². The zero-order chi connectivity index (χ0) is 16.3. The molecule has 5 aromatic rings. The van der Waals surface area contributed by atoms with E-state index in [0.717, 1.165) is 24.0 Å². The van der Waals surface area contributed by atoms with E-state index in [4.69, 9.17) is 4.42 Å². The number of aryl methyl sites for hydroxylation is 2. The Morgan fingerprint density at radius 1 is 0.833 bits per heavy atom. The fourth-order valence-corrected chi connectivity index (χ4v) is 4.02. The third-order valence-corrected chi connectivity index (χ3v) is 5.14. The molecule has 5 rings (SSSR count). The molecule has 0 saturated carbocycles. The molecule has 2 aromatic heterocycles. The molecule has 0 saturated heterocycles. The van der Waals surface area contributed by atoms with Gasteiger partial charge < -0.3 is 8.98 Å². The molecule has 0 aliphatic heterocycles. The van der Waals surface area contributed by atoms with Gasteiger partial charge in [0.05, 0.1) is 5.52 Å². The number of furan rings is 1. The van der Waals surface area contributed by atoms with Gasteiger partial charge in [-0.15, -0.1) is 0 Å². The van der Waals surface area contributed by atoms with Crippen LogP contribution in [0.4, 0.5) is 0 Å². The van der Waals surface area contributed by atoms with Crippen LogP contribution in [-0.4, -0.2) is 4.57 Å². The van der Waals surface area contributed by atoms with Crippen LogP contribution in [-0.2, 0) is 13.5 Å². The van der Waals surface area contributed by atoms with E-state index in [1.165, 1.54) is 38.1 Å². The van der Waals surface area contributed by atoms with Crippen LogP contribution in [0, 0.1) is 0 Å². The largest absolute Gasteiger partial charge is 0.456 e. The highest BCUT2D eigenvalue weighted by atomic mass is 16.3. The molecule has 3 aromatic carbocycles. The molecular weight excluding hydrogens is 294 g/mol. The molecule has 2 heterocycles. The van der Waals surface area contributed by atoms with Crippen LogP contribution >= 0.6 is 0 Å². The molecule has 24 heavy (non-hydrogen) atoms. The molecule has 0 aliphatic rings. The fraction of sp³-hybridized carbons (Fsp3) is 0.182. The lowest BCUT2D eigenvalue weighted by molar-refractivity contribution is 0.669. The van der Waals surface area contributed by atoms with Crippen LogP contribution in [0.1, 0.15) is 18.9 Å². The zero-order valence-corrected chi connectivity index (χ0v) is 14.0. The van der Waals surface area contributed by atoms with E-state index in [0.29, 0.717) is 0 Å². The van der Waals surface area contributed by atoms with Crippen LogP contribution in [0.25, 0.3) is 43.7 Å². The molecule has 0 N–H and O–H groups in total. The van der Waals surface area contributed by atoms with Gasteiger partial charge in [0.15, 0.2) is 0 Å². The quantitative estimate of drug-likeness (QED) is 0.380. The number of rotatable bonds is 2. The molecule has 118 valence electrons. The number of nitrogens with zero attached hydrogens (tertiary/aromatic N) is 1. The number of hydrogen-bond donors (Lipinski definition) is 0. The van der Waals surface area contributed by atoms with Crippen LogP contribution in [0.5, 0.6) is 0 Å². The maximum absolute atomic E-state index is 6.08. The molecular formula is C22H19NO. The predicted molar refractivity (Wildman–Crippen MR) is 102 cm³/mol. The molecule has 0 aliphatic carbocycles. The Bertz CT molecular complexity index is 1220. The maximum Gasteiger partial charge on any atom is 0.137 e. The topological polar surface area (TPSA) is 18.1 Å². The van der Waals surface area contributed by atoms with E-state index < -0.39 is 0 Å². The van der Waals surface area contributed by atoms with Crippen molar-refractivity contribution in [1.82, 2.24) is 4.57 Å². The summed E-state index contributed by atoms with van der Waals surface area (Å²) in [5.41, 5.74) is 5.90. The van der Waals surface area contributed by atoms with Gasteiger partial charge in [-0.05, 0) is 30.2 Å². The van der Waals surface area contributed by atoms with Gasteiger partial charge in [-0.1, -0.05) is 43.7 Å². The van der Waals surface area contributed by atoms with Crippen LogP contribution in [0.3, 0.4) is 0 Å². The Balaban J connectivity index is 2.00. The van der Waals surface area contributed by atoms with Crippen LogP contribution < -0.4 is 0 Å². The maximum atomic E-state index is 6.08. The Morgan fingerprint density at radius 2 is 1.71 bits per heavy atom. The third kappa shape index (κ3) is 1.71. The predicted octanol–water partition coefficient (Wildman–Crippen LogP) is 6.18. The minimum absolute atomic E-state index is 0.959. The third-order valence-electron chi connectivity index (χ3n) is 5.14. The van der Waals surface area contributed by atoms with Crippen molar-refractivity contribution in [1.29, 1.82) is 0 Å². The summed E-state index contributed by atoms with van der Waals surface area (Å²) in [6.07, 6.45) is 2.27. The summed E-state index contributed by atoms with van der Waals surface area (Å²) in [5, 5.41) is 5.12. The van der Waals surface area contributed by atoms with Crippen molar-refractivity contribution in [3.63, 3.8) is 0 Å². The minimum Gasteiger partial charge on any atom is -0.456 e. The van der Waals surface area contributed by atoms with E-state index in [1.54, 1.807) is 0 Å². The summed E-state index contributed by atoms with van der Waals surface area (Å²) in [5.74, 6) is 0. The molecule has 0 fully saturated rings. The van der Waals surface area contributed by atoms with Gasteiger partial charge in [0.1, 0.15) is 11.2 Å². The highest BCUT2D eigenvalue weighted by Gasteiger charge is 2.15. The standard InChI is InChI=1S/C22H19NO/c1-3-7-14-8-6-10-18-22(14)17-12-16-15-9-4-5-11-20(15)24-21(16)13-19(17)23(18)2/h4-6,8-13H,3,7H2,1-2H3. The van der Waals surface area contributed by atoms with E-state index in [9.17, 15) is 0 Å². The normalized spacial score (nSPS) is 12.1. The number of aromatic nitrogens is 1. The molecule has 0 bridgehead atoms. The summed E-state index contributed by atoms with van der Waals surface area (Å²) in [6, 6.07) is 19.5. The second-order valence-corrected chi connectivity index (χ2v) is 6.58. The lowest BCUT2D eigenvalue weighted by atomic mass is 10.0. The highest BCUT2D eigenvalue weighted by Crippen LogP contribution is 2.37. The summed E-state index contributed by atoms with van der Waals surface area (Å²) in [6.45, 7) is 2.24.